The van der Waals surface area contributed by atoms with Crippen molar-refractivity contribution in [1.29, 1.82) is 0 Å². The summed E-state index contributed by atoms with van der Waals surface area (Å²) >= 11 is 4.79. The number of hydrogen-bond acceptors (Lipinski definition) is 3. The van der Waals surface area contributed by atoms with Gasteiger partial charge in [-0.2, -0.15) is 0 Å². The van der Waals surface area contributed by atoms with Gasteiger partial charge in [-0.25, -0.2) is 0 Å². The summed E-state index contributed by atoms with van der Waals surface area (Å²) in [6.07, 6.45) is 2.69. The molecular weight excluding hydrogens is 222 g/mol. The first-order chi connectivity index (χ1) is 7.58. The molecule has 5 heteroatoms. The summed E-state index contributed by atoms with van der Waals surface area (Å²) in [7, 11) is 0. The van der Waals surface area contributed by atoms with Gasteiger partial charge in [-0.15, -0.1) is 0 Å². The summed E-state index contributed by atoms with van der Waals surface area (Å²) in [4.78, 5) is 16.7. The number of amides is 1. The minimum atomic E-state index is 0.0894. The van der Waals surface area contributed by atoms with E-state index in [0.717, 1.165) is 13.1 Å². The molecule has 4 nitrogen and oxygen atoms in total. The van der Waals surface area contributed by atoms with E-state index in [-0.39, 0.29) is 18.4 Å². The zero-order valence-electron chi connectivity index (χ0n) is 9.69. The SMILES string of the molecule is CC1CN2CCCC2CN1C(=O)CC(N)=S. The predicted octanol–water partition coefficient (Wildman–Crippen LogP) is 0.358. The van der Waals surface area contributed by atoms with Crippen LogP contribution in [0.25, 0.3) is 0 Å². The van der Waals surface area contributed by atoms with Crippen molar-refractivity contribution in [3.8, 4) is 0 Å². The van der Waals surface area contributed by atoms with E-state index in [2.05, 4.69) is 11.8 Å². The van der Waals surface area contributed by atoms with Crippen molar-refractivity contribution in [2.75, 3.05) is 19.6 Å². The summed E-state index contributed by atoms with van der Waals surface area (Å²) in [5, 5.41) is 0. The number of thiocarbonyl (C=S) groups is 1. The van der Waals surface area contributed by atoms with Gasteiger partial charge in [-0.3, -0.25) is 9.69 Å². The Hall–Kier alpha value is -0.680. The quantitative estimate of drug-likeness (QED) is 0.709. The lowest BCUT2D eigenvalue weighted by molar-refractivity contribution is -0.135. The van der Waals surface area contributed by atoms with Crippen LogP contribution in [0.4, 0.5) is 0 Å². The Morgan fingerprint density at radius 2 is 2.25 bits per heavy atom. The van der Waals surface area contributed by atoms with Gasteiger partial charge in [0.2, 0.25) is 5.91 Å². The molecule has 2 aliphatic heterocycles. The van der Waals surface area contributed by atoms with E-state index in [4.69, 9.17) is 18.0 Å². The van der Waals surface area contributed by atoms with Crippen molar-refractivity contribution in [1.82, 2.24) is 9.80 Å². The minimum Gasteiger partial charge on any atom is -0.393 e. The Labute approximate surface area is 102 Å². The molecule has 0 aromatic heterocycles. The molecule has 2 unspecified atom stereocenters. The maximum atomic E-state index is 11.9. The van der Waals surface area contributed by atoms with Crippen LogP contribution in [0.15, 0.2) is 0 Å². The molecule has 1 amide bonds. The zero-order valence-corrected chi connectivity index (χ0v) is 10.5. The summed E-state index contributed by atoms with van der Waals surface area (Å²) in [5.74, 6) is 0.0894. The highest BCUT2D eigenvalue weighted by molar-refractivity contribution is 7.80. The van der Waals surface area contributed by atoms with Crippen molar-refractivity contribution < 1.29 is 4.79 Å². The van der Waals surface area contributed by atoms with E-state index in [0.29, 0.717) is 11.0 Å². The number of fused-ring (bicyclic) bond motifs is 1. The summed E-state index contributed by atoms with van der Waals surface area (Å²) < 4.78 is 0. The van der Waals surface area contributed by atoms with E-state index in [9.17, 15) is 4.79 Å². The summed E-state index contributed by atoms with van der Waals surface area (Å²) in [6, 6.07) is 0.850. The Morgan fingerprint density at radius 1 is 1.50 bits per heavy atom. The monoisotopic (exact) mass is 241 g/mol. The number of piperazine rings is 1. The standard InChI is InChI=1S/C11H19N3OS/c1-8-6-13-4-2-3-9(13)7-14(8)11(15)5-10(12)16/h8-9H,2-7H2,1H3,(H2,12,16). The maximum absolute atomic E-state index is 11.9. The second kappa shape index (κ2) is 4.67. The highest BCUT2D eigenvalue weighted by Gasteiger charge is 2.36. The largest absolute Gasteiger partial charge is 0.393 e. The summed E-state index contributed by atoms with van der Waals surface area (Å²) in [5.41, 5.74) is 5.43. The van der Waals surface area contributed by atoms with Crippen LogP contribution in [0.2, 0.25) is 0 Å². The third-order valence-corrected chi connectivity index (χ3v) is 3.73. The van der Waals surface area contributed by atoms with Gasteiger partial charge in [0.25, 0.3) is 0 Å². The average molecular weight is 241 g/mol. The predicted molar refractivity (Wildman–Crippen MR) is 67.2 cm³/mol. The van der Waals surface area contributed by atoms with Crippen LogP contribution in [0.1, 0.15) is 26.2 Å². The van der Waals surface area contributed by atoms with Crippen LogP contribution in [0, 0.1) is 0 Å². The Kier molecular flexibility index (Phi) is 3.44. The van der Waals surface area contributed by atoms with Gasteiger partial charge in [-0.05, 0) is 26.3 Å². The third kappa shape index (κ3) is 2.35. The normalized spacial score (nSPS) is 30.2. The van der Waals surface area contributed by atoms with E-state index in [1.54, 1.807) is 0 Å². The molecule has 2 aliphatic rings. The van der Waals surface area contributed by atoms with Crippen LogP contribution < -0.4 is 5.73 Å². The number of rotatable bonds is 2. The Morgan fingerprint density at radius 3 is 2.94 bits per heavy atom. The topological polar surface area (TPSA) is 49.6 Å². The second-order valence-corrected chi connectivity index (χ2v) is 5.35. The van der Waals surface area contributed by atoms with Crippen LogP contribution >= 0.6 is 12.2 Å². The van der Waals surface area contributed by atoms with E-state index in [1.165, 1.54) is 19.4 Å². The van der Waals surface area contributed by atoms with Crippen molar-refractivity contribution in [3.05, 3.63) is 0 Å². The molecule has 16 heavy (non-hydrogen) atoms. The van der Waals surface area contributed by atoms with E-state index >= 15 is 0 Å². The van der Waals surface area contributed by atoms with Crippen molar-refractivity contribution in [2.24, 2.45) is 5.73 Å². The van der Waals surface area contributed by atoms with Gasteiger partial charge in [0, 0.05) is 25.2 Å². The lowest BCUT2D eigenvalue weighted by Gasteiger charge is -2.42. The first-order valence-electron chi connectivity index (χ1n) is 5.89. The van der Waals surface area contributed by atoms with Crippen molar-refractivity contribution in [2.45, 2.75) is 38.3 Å². The second-order valence-electron chi connectivity index (χ2n) is 4.83. The number of carbonyl (C=O) groups is 1. The van der Waals surface area contributed by atoms with Crippen LogP contribution in [-0.4, -0.2) is 52.4 Å². The fourth-order valence-electron chi connectivity index (χ4n) is 2.79. The third-order valence-electron chi connectivity index (χ3n) is 3.58. The maximum Gasteiger partial charge on any atom is 0.229 e. The van der Waals surface area contributed by atoms with Crippen LogP contribution in [-0.2, 0) is 4.79 Å². The Balaban J connectivity index is 1.99. The minimum absolute atomic E-state index is 0.0894. The molecule has 2 rings (SSSR count). The van der Waals surface area contributed by atoms with Crippen molar-refractivity contribution in [3.63, 3.8) is 0 Å². The molecule has 2 atom stereocenters. The molecule has 2 heterocycles. The van der Waals surface area contributed by atoms with Crippen LogP contribution in [0.5, 0.6) is 0 Å². The smallest absolute Gasteiger partial charge is 0.229 e. The van der Waals surface area contributed by atoms with Gasteiger partial charge in [-0.1, -0.05) is 12.2 Å². The highest BCUT2D eigenvalue weighted by Crippen LogP contribution is 2.24. The molecule has 2 N–H and O–H groups in total. The lowest BCUT2D eigenvalue weighted by atomic mass is 10.1. The first kappa shape index (κ1) is 11.8. The molecule has 0 radical (unpaired) electrons. The molecule has 90 valence electrons. The molecule has 2 fully saturated rings. The van der Waals surface area contributed by atoms with Crippen molar-refractivity contribution >= 4 is 23.1 Å². The molecule has 0 spiro atoms. The number of nitrogens with two attached hydrogens (primary N) is 1. The lowest BCUT2D eigenvalue weighted by Crippen LogP contribution is -2.57. The molecule has 0 aliphatic carbocycles. The van der Waals surface area contributed by atoms with Gasteiger partial charge >= 0.3 is 0 Å². The Bertz CT molecular complexity index is 308. The van der Waals surface area contributed by atoms with Gasteiger partial charge in [0.15, 0.2) is 0 Å². The number of hydrogen-bond donors (Lipinski definition) is 1. The zero-order chi connectivity index (χ0) is 11.7. The molecule has 0 saturated carbocycles. The van der Waals surface area contributed by atoms with Crippen LogP contribution in [0.3, 0.4) is 0 Å². The number of nitrogens with zero attached hydrogens (tertiary/aromatic N) is 2. The molecule has 2 saturated heterocycles. The van der Waals surface area contributed by atoms with E-state index < -0.39 is 0 Å². The fourth-order valence-corrected chi connectivity index (χ4v) is 2.91. The molecular formula is C11H19N3OS. The molecule has 0 aromatic carbocycles. The van der Waals surface area contributed by atoms with E-state index in [1.807, 2.05) is 4.90 Å². The highest BCUT2D eigenvalue weighted by atomic mass is 32.1. The van der Waals surface area contributed by atoms with Gasteiger partial charge < -0.3 is 10.6 Å². The van der Waals surface area contributed by atoms with Gasteiger partial charge in [0.1, 0.15) is 0 Å². The van der Waals surface area contributed by atoms with Gasteiger partial charge in [0.05, 0.1) is 11.4 Å². The number of carbonyl (C=O) groups excluding carboxylic acids is 1. The molecule has 0 bridgehead atoms. The summed E-state index contributed by atoms with van der Waals surface area (Å²) in [6.45, 7) is 5.13. The average Bonchev–Trinajstić information content (AvgIpc) is 2.61. The fraction of sp³-hybridized carbons (Fsp3) is 0.818. The first-order valence-corrected chi connectivity index (χ1v) is 6.30. The molecule has 0 aromatic rings.